The van der Waals surface area contributed by atoms with Crippen molar-refractivity contribution in [2.45, 2.75) is 12.3 Å². The SMILES string of the molecule is C[S@](=O)Cc1cc(NCc2cccnc2)ccc1Cl. The van der Waals surface area contributed by atoms with E-state index in [9.17, 15) is 4.21 Å². The van der Waals surface area contributed by atoms with Crippen molar-refractivity contribution in [3.8, 4) is 0 Å². The number of anilines is 1. The second-order valence-corrected chi connectivity index (χ2v) is 6.08. The number of nitrogens with one attached hydrogen (secondary N) is 1. The molecule has 100 valence electrons. The van der Waals surface area contributed by atoms with Crippen LogP contribution in [-0.2, 0) is 23.1 Å². The first-order valence-electron chi connectivity index (χ1n) is 5.86. The molecule has 1 aromatic heterocycles. The summed E-state index contributed by atoms with van der Waals surface area (Å²) >= 11 is 6.09. The minimum absolute atomic E-state index is 0.473. The van der Waals surface area contributed by atoms with Crippen LogP contribution in [-0.4, -0.2) is 15.4 Å². The lowest BCUT2D eigenvalue weighted by Crippen LogP contribution is -2.01. The van der Waals surface area contributed by atoms with Crippen molar-refractivity contribution in [2.75, 3.05) is 11.6 Å². The molecule has 0 bridgehead atoms. The second-order valence-electron chi connectivity index (χ2n) is 4.24. The highest BCUT2D eigenvalue weighted by atomic mass is 35.5. The lowest BCUT2D eigenvalue weighted by Gasteiger charge is -2.09. The Morgan fingerprint density at radius 3 is 2.89 bits per heavy atom. The summed E-state index contributed by atoms with van der Waals surface area (Å²) in [5.41, 5.74) is 2.98. The molecule has 1 heterocycles. The number of nitrogens with zero attached hydrogens (tertiary/aromatic N) is 1. The molecule has 0 aliphatic carbocycles. The Morgan fingerprint density at radius 1 is 1.37 bits per heavy atom. The Balaban J connectivity index is 2.06. The van der Waals surface area contributed by atoms with Gasteiger partial charge in [0, 0.05) is 52.5 Å². The topological polar surface area (TPSA) is 42.0 Å². The first-order valence-corrected chi connectivity index (χ1v) is 7.97. The van der Waals surface area contributed by atoms with Crippen LogP contribution in [0.15, 0.2) is 42.7 Å². The van der Waals surface area contributed by atoms with Crippen LogP contribution in [0, 0.1) is 0 Å². The predicted octanol–water partition coefficient (Wildman–Crippen LogP) is 3.23. The Hall–Kier alpha value is -1.39. The van der Waals surface area contributed by atoms with Gasteiger partial charge in [0.2, 0.25) is 0 Å². The van der Waals surface area contributed by atoms with E-state index in [4.69, 9.17) is 11.6 Å². The fourth-order valence-corrected chi connectivity index (χ4v) is 2.66. The van der Waals surface area contributed by atoms with Crippen molar-refractivity contribution < 1.29 is 4.21 Å². The van der Waals surface area contributed by atoms with E-state index >= 15 is 0 Å². The Morgan fingerprint density at radius 2 is 2.21 bits per heavy atom. The van der Waals surface area contributed by atoms with Gasteiger partial charge in [-0.15, -0.1) is 0 Å². The van der Waals surface area contributed by atoms with Crippen LogP contribution in [0.1, 0.15) is 11.1 Å². The monoisotopic (exact) mass is 294 g/mol. The van der Waals surface area contributed by atoms with Gasteiger partial charge in [0.1, 0.15) is 0 Å². The van der Waals surface area contributed by atoms with Crippen LogP contribution in [0.4, 0.5) is 5.69 Å². The van der Waals surface area contributed by atoms with Gasteiger partial charge >= 0.3 is 0 Å². The Bertz CT molecular complexity index is 575. The number of hydrogen-bond acceptors (Lipinski definition) is 3. The van der Waals surface area contributed by atoms with Gasteiger partial charge in [-0.05, 0) is 35.4 Å². The molecule has 2 rings (SSSR count). The fraction of sp³-hybridized carbons (Fsp3) is 0.214. The van der Waals surface area contributed by atoms with E-state index in [0.717, 1.165) is 16.8 Å². The van der Waals surface area contributed by atoms with Gasteiger partial charge in [0.05, 0.1) is 0 Å². The van der Waals surface area contributed by atoms with Gasteiger partial charge in [0.15, 0.2) is 0 Å². The maximum absolute atomic E-state index is 11.3. The average Bonchev–Trinajstić information content (AvgIpc) is 2.40. The predicted molar refractivity (Wildman–Crippen MR) is 80.8 cm³/mol. The highest BCUT2D eigenvalue weighted by Crippen LogP contribution is 2.22. The maximum atomic E-state index is 11.3. The Kier molecular flexibility index (Phi) is 4.93. The minimum Gasteiger partial charge on any atom is -0.381 e. The van der Waals surface area contributed by atoms with Crippen molar-refractivity contribution in [1.29, 1.82) is 0 Å². The second kappa shape index (κ2) is 6.68. The van der Waals surface area contributed by atoms with Crippen molar-refractivity contribution in [2.24, 2.45) is 0 Å². The molecule has 0 saturated heterocycles. The molecule has 1 N–H and O–H groups in total. The first-order chi connectivity index (χ1) is 9.15. The molecule has 2 aromatic rings. The summed E-state index contributed by atoms with van der Waals surface area (Å²) in [6, 6.07) is 9.61. The molecule has 0 saturated carbocycles. The van der Waals surface area contributed by atoms with Crippen LogP contribution in [0.25, 0.3) is 0 Å². The highest BCUT2D eigenvalue weighted by Gasteiger charge is 2.04. The molecule has 1 atom stereocenters. The standard InChI is InChI=1S/C14H15ClN2OS/c1-19(18)10-12-7-13(4-5-14(12)15)17-9-11-3-2-6-16-8-11/h2-8,17H,9-10H2,1H3/t19-/m0/s1. The summed E-state index contributed by atoms with van der Waals surface area (Å²) < 4.78 is 11.3. The van der Waals surface area contributed by atoms with Gasteiger partial charge in [0.25, 0.3) is 0 Å². The van der Waals surface area contributed by atoms with Gasteiger partial charge in [-0.2, -0.15) is 0 Å². The van der Waals surface area contributed by atoms with Crippen LogP contribution in [0.5, 0.6) is 0 Å². The third-order valence-corrected chi connectivity index (χ3v) is 3.71. The van der Waals surface area contributed by atoms with Crippen LogP contribution in [0.2, 0.25) is 5.02 Å². The minimum atomic E-state index is -0.897. The zero-order valence-corrected chi connectivity index (χ0v) is 12.2. The molecule has 0 aliphatic rings. The van der Waals surface area contributed by atoms with Crippen LogP contribution in [0.3, 0.4) is 0 Å². The van der Waals surface area contributed by atoms with Crippen molar-refractivity contribution in [1.82, 2.24) is 4.98 Å². The molecule has 0 amide bonds. The number of benzene rings is 1. The molecule has 5 heteroatoms. The number of aromatic nitrogens is 1. The van der Waals surface area contributed by atoms with E-state index in [1.165, 1.54) is 0 Å². The summed E-state index contributed by atoms with van der Waals surface area (Å²) in [5, 5.41) is 3.96. The van der Waals surface area contributed by atoms with E-state index in [-0.39, 0.29) is 0 Å². The van der Waals surface area contributed by atoms with Gasteiger partial charge in [-0.25, -0.2) is 0 Å². The summed E-state index contributed by atoms with van der Waals surface area (Å²) in [6.45, 7) is 0.699. The number of pyridine rings is 1. The lowest BCUT2D eigenvalue weighted by atomic mass is 10.2. The summed E-state index contributed by atoms with van der Waals surface area (Å²) in [5.74, 6) is 0.473. The zero-order valence-electron chi connectivity index (χ0n) is 10.6. The molecule has 1 aromatic carbocycles. The van der Waals surface area contributed by atoms with E-state index in [2.05, 4.69) is 10.3 Å². The molecule has 0 fully saturated rings. The summed E-state index contributed by atoms with van der Waals surface area (Å²) in [7, 11) is -0.897. The number of halogens is 1. The molecule has 0 radical (unpaired) electrons. The van der Waals surface area contributed by atoms with Crippen LogP contribution < -0.4 is 5.32 Å². The molecule has 3 nitrogen and oxygen atoms in total. The van der Waals surface area contributed by atoms with Crippen molar-refractivity contribution in [3.05, 3.63) is 58.9 Å². The quantitative estimate of drug-likeness (QED) is 0.920. The third-order valence-electron chi connectivity index (χ3n) is 2.62. The Labute approximate surface area is 120 Å². The van der Waals surface area contributed by atoms with Crippen molar-refractivity contribution >= 4 is 28.1 Å². The molecular weight excluding hydrogens is 280 g/mol. The average molecular weight is 295 g/mol. The van der Waals surface area contributed by atoms with E-state index < -0.39 is 10.8 Å². The largest absolute Gasteiger partial charge is 0.381 e. The zero-order chi connectivity index (χ0) is 13.7. The highest BCUT2D eigenvalue weighted by molar-refractivity contribution is 7.83. The molecule has 0 aliphatic heterocycles. The normalized spacial score (nSPS) is 12.1. The van der Waals surface area contributed by atoms with Crippen molar-refractivity contribution in [3.63, 3.8) is 0 Å². The van der Waals surface area contributed by atoms with Gasteiger partial charge in [-0.3, -0.25) is 9.19 Å². The molecular formula is C14H15ClN2OS. The number of hydrogen-bond donors (Lipinski definition) is 1. The first kappa shape index (κ1) is 14.0. The fourth-order valence-electron chi connectivity index (χ4n) is 1.72. The molecule has 0 unspecified atom stereocenters. The van der Waals surface area contributed by atoms with E-state index in [1.54, 1.807) is 12.5 Å². The van der Waals surface area contributed by atoms with Gasteiger partial charge < -0.3 is 5.32 Å². The van der Waals surface area contributed by atoms with E-state index in [0.29, 0.717) is 17.3 Å². The molecule has 19 heavy (non-hydrogen) atoms. The molecule has 0 spiro atoms. The summed E-state index contributed by atoms with van der Waals surface area (Å²) in [6.07, 6.45) is 5.25. The summed E-state index contributed by atoms with van der Waals surface area (Å²) in [4.78, 5) is 4.07. The third kappa shape index (κ3) is 4.33. The van der Waals surface area contributed by atoms with Crippen LogP contribution >= 0.6 is 11.6 Å². The number of rotatable bonds is 5. The maximum Gasteiger partial charge on any atom is 0.0498 e. The van der Waals surface area contributed by atoms with E-state index in [1.807, 2.05) is 36.5 Å². The lowest BCUT2D eigenvalue weighted by molar-refractivity contribution is 0.686. The van der Waals surface area contributed by atoms with Gasteiger partial charge in [-0.1, -0.05) is 17.7 Å². The smallest absolute Gasteiger partial charge is 0.0498 e.